The van der Waals surface area contributed by atoms with Gasteiger partial charge in [-0.05, 0) is 36.2 Å². The summed E-state index contributed by atoms with van der Waals surface area (Å²) in [4.78, 5) is 46.9. The van der Waals surface area contributed by atoms with Gasteiger partial charge < -0.3 is 28.9 Å². The highest BCUT2D eigenvalue weighted by Crippen LogP contribution is 2.48. The number of nitrogens with one attached hydrogen (secondary N) is 1. The number of benzene rings is 1. The number of halogens is 1. The maximum atomic E-state index is 13.7. The van der Waals surface area contributed by atoms with Gasteiger partial charge in [-0.3, -0.25) is 14.2 Å². The fourth-order valence-corrected chi connectivity index (χ4v) is 7.33. The van der Waals surface area contributed by atoms with Crippen LogP contribution in [0, 0.1) is 0 Å². The molecule has 0 saturated carbocycles. The van der Waals surface area contributed by atoms with Gasteiger partial charge in [0.05, 0.1) is 26.0 Å². The molecule has 220 valence electrons. The van der Waals surface area contributed by atoms with E-state index in [0.29, 0.717) is 15.4 Å². The van der Waals surface area contributed by atoms with Crippen molar-refractivity contribution in [3.05, 3.63) is 39.8 Å². The van der Waals surface area contributed by atoms with E-state index in [1.165, 1.54) is 16.2 Å². The number of rotatable bonds is 13. The number of nitrogens with zero attached hydrogens (tertiary/aromatic N) is 3. The zero-order chi connectivity index (χ0) is 29.1. The van der Waals surface area contributed by atoms with Crippen LogP contribution in [0.5, 0.6) is 0 Å². The molecule has 40 heavy (non-hydrogen) atoms. The Bertz CT molecular complexity index is 1180. The van der Waals surface area contributed by atoms with Crippen LogP contribution in [0.4, 0.5) is 4.79 Å². The van der Waals surface area contributed by atoms with Crippen molar-refractivity contribution in [2.45, 2.75) is 39.7 Å². The molecule has 1 aromatic heterocycles. The third-order valence-electron chi connectivity index (χ3n) is 6.06. The molecule has 1 aromatic carbocycles. The molecule has 3 amide bonds. The molecule has 0 spiro atoms. The van der Waals surface area contributed by atoms with Crippen molar-refractivity contribution in [1.82, 2.24) is 20.1 Å². The van der Waals surface area contributed by atoms with Gasteiger partial charge in [0.25, 0.3) is 5.91 Å². The summed E-state index contributed by atoms with van der Waals surface area (Å²) in [5.74, 6) is -1.04. The molecule has 1 aliphatic heterocycles. The highest BCUT2D eigenvalue weighted by Gasteiger charge is 2.38. The van der Waals surface area contributed by atoms with Crippen LogP contribution >= 0.6 is 34.9 Å². The quantitative estimate of drug-likeness (QED) is 0.235. The van der Waals surface area contributed by atoms with Crippen LogP contribution in [-0.4, -0.2) is 90.9 Å². The van der Waals surface area contributed by atoms with E-state index in [1.54, 1.807) is 18.7 Å². The minimum atomic E-state index is -3.70. The second-order valence-corrected chi connectivity index (χ2v) is 13.4. The van der Waals surface area contributed by atoms with Crippen LogP contribution in [0.3, 0.4) is 0 Å². The summed E-state index contributed by atoms with van der Waals surface area (Å²) in [5.41, 5.74) is 0.965. The van der Waals surface area contributed by atoms with Gasteiger partial charge in [0.2, 0.25) is 5.91 Å². The summed E-state index contributed by atoms with van der Waals surface area (Å²) in [6, 6.07) is 8.22. The van der Waals surface area contributed by atoms with Gasteiger partial charge in [-0.25, -0.2) is 9.78 Å². The van der Waals surface area contributed by atoms with Gasteiger partial charge in [-0.15, -0.1) is 11.3 Å². The van der Waals surface area contributed by atoms with E-state index in [1.807, 2.05) is 37.3 Å². The van der Waals surface area contributed by atoms with Crippen molar-refractivity contribution in [1.29, 1.82) is 0 Å². The normalized spacial score (nSPS) is 14.6. The Kier molecular flexibility index (Phi) is 12.6. The van der Waals surface area contributed by atoms with E-state index in [2.05, 4.69) is 26.2 Å². The van der Waals surface area contributed by atoms with Gasteiger partial charge in [0, 0.05) is 31.7 Å². The van der Waals surface area contributed by atoms with Crippen molar-refractivity contribution in [2.75, 3.05) is 52.2 Å². The molecule has 1 atom stereocenters. The van der Waals surface area contributed by atoms with Crippen LogP contribution in [0.25, 0.3) is 10.6 Å². The zero-order valence-electron chi connectivity index (χ0n) is 23.0. The Morgan fingerprint density at radius 1 is 1.05 bits per heavy atom. The van der Waals surface area contributed by atoms with Crippen LogP contribution in [0.1, 0.15) is 44.1 Å². The molecule has 2 aromatic rings. The highest BCUT2D eigenvalue weighted by molar-refractivity contribution is 9.11. The number of amides is 3. The monoisotopic (exact) mass is 658 g/mol. The first-order chi connectivity index (χ1) is 19.2. The lowest BCUT2D eigenvalue weighted by Crippen LogP contribution is -2.57. The van der Waals surface area contributed by atoms with Crippen LogP contribution in [0.2, 0.25) is 0 Å². The molecule has 0 aliphatic carbocycles. The first-order valence-electron chi connectivity index (χ1n) is 13.3. The molecule has 1 aliphatic rings. The molecule has 1 saturated heterocycles. The molecule has 1 fully saturated rings. The molecule has 1 N–H and O–H groups in total. The average Bonchev–Trinajstić information content (AvgIpc) is 3.35. The van der Waals surface area contributed by atoms with Gasteiger partial charge in [0.15, 0.2) is 5.69 Å². The number of ether oxygens (including phenoxy) is 1. The zero-order valence-corrected chi connectivity index (χ0v) is 26.3. The topological polar surface area (TPSA) is 127 Å². The lowest BCUT2D eigenvalue weighted by molar-refractivity contribution is -0.134. The van der Waals surface area contributed by atoms with Crippen LogP contribution < -0.4 is 5.32 Å². The van der Waals surface area contributed by atoms with E-state index in [9.17, 15) is 18.9 Å². The maximum Gasteiger partial charge on any atom is 0.409 e. The highest BCUT2D eigenvalue weighted by atomic mass is 79.9. The van der Waals surface area contributed by atoms with Crippen molar-refractivity contribution < 1.29 is 32.7 Å². The fourth-order valence-electron chi connectivity index (χ4n) is 4.04. The molecule has 3 rings (SSSR count). The van der Waals surface area contributed by atoms with E-state index < -0.39 is 31.5 Å². The number of thiazole rings is 1. The van der Waals surface area contributed by atoms with Crippen molar-refractivity contribution in [3.63, 3.8) is 0 Å². The van der Waals surface area contributed by atoms with Crippen LogP contribution in [-0.2, 0) is 23.1 Å². The Morgan fingerprint density at radius 3 is 2.27 bits per heavy atom. The smallest absolute Gasteiger partial charge is 0.409 e. The fraction of sp³-hybridized carbons (Fsp3) is 0.538. The number of hydrogen-bond acceptors (Lipinski definition) is 9. The predicted molar refractivity (Wildman–Crippen MR) is 157 cm³/mol. The minimum absolute atomic E-state index is 0.114. The summed E-state index contributed by atoms with van der Waals surface area (Å²) >= 11 is 4.71. The van der Waals surface area contributed by atoms with Crippen molar-refractivity contribution in [3.8, 4) is 10.6 Å². The number of aromatic nitrogens is 1. The molecule has 11 nitrogen and oxygen atoms in total. The largest absolute Gasteiger partial charge is 0.449 e. The molecule has 0 unspecified atom stereocenters. The second-order valence-electron chi connectivity index (χ2n) is 8.94. The lowest BCUT2D eigenvalue weighted by Gasteiger charge is -2.36. The summed E-state index contributed by atoms with van der Waals surface area (Å²) < 4.78 is 30.0. The Balaban J connectivity index is 1.76. The lowest BCUT2D eigenvalue weighted by atomic mass is 10.2. The minimum Gasteiger partial charge on any atom is -0.449 e. The molecule has 0 radical (unpaired) electrons. The second kappa shape index (κ2) is 15.6. The standard InChI is InChI=1S/C26H36BrN4O7PS/c1-4-7-17-36-26(34)31-15-13-30(14-16-31)25(33)20(18-39(35,37-5-2)38-6-3)28-23(32)21-22(27)40-24(29-21)19-11-9-8-10-12-19/h8-12,20H,4-7,13-18H2,1-3H3,(H,28,32)/t20-/m0/s1. The Labute approximate surface area is 247 Å². The Morgan fingerprint density at radius 2 is 1.68 bits per heavy atom. The molecule has 2 heterocycles. The number of carbonyl (C=O) groups excluding carboxylic acids is 3. The molecule has 0 bridgehead atoms. The van der Waals surface area contributed by atoms with Crippen LogP contribution in [0.15, 0.2) is 34.1 Å². The summed E-state index contributed by atoms with van der Waals surface area (Å²) in [6.45, 7) is 6.99. The first-order valence-corrected chi connectivity index (χ1v) is 16.7. The van der Waals surface area contributed by atoms with E-state index in [4.69, 9.17) is 13.8 Å². The third kappa shape index (κ3) is 8.84. The summed E-state index contributed by atoms with van der Waals surface area (Å²) in [6.07, 6.45) is 0.949. The van der Waals surface area contributed by atoms with E-state index in [0.717, 1.165) is 18.4 Å². The average molecular weight is 660 g/mol. The van der Waals surface area contributed by atoms with Crippen molar-refractivity contribution >= 4 is 52.8 Å². The van der Waals surface area contributed by atoms with E-state index in [-0.39, 0.29) is 51.2 Å². The maximum absolute atomic E-state index is 13.7. The van der Waals surface area contributed by atoms with Gasteiger partial charge in [0.1, 0.15) is 14.8 Å². The van der Waals surface area contributed by atoms with Crippen molar-refractivity contribution in [2.24, 2.45) is 0 Å². The summed E-state index contributed by atoms with van der Waals surface area (Å²) in [7, 11) is -3.70. The van der Waals surface area contributed by atoms with Gasteiger partial charge in [-0.2, -0.15) is 0 Å². The van der Waals surface area contributed by atoms with Gasteiger partial charge >= 0.3 is 13.7 Å². The third-order valence-corrected chi connectivity index (χ3v) is 9.93. The van der Waals surface area contributed by atoms with Gasteiger partial charge in [-0.1, -0.05) is 43.7 Å². The van der Waals surface area contributed by atoms with E-state index >= 15 is 0 Å². The number of hydrogen-bond donors (Lipinski definition) is 1. The first kappa shape index (κ1) is 32.2. The summed E-state index contributed by atoms with van der Waals surface area (Å²) in [5, 5.41) is 3.36. The number of carbonyl (C=O) groups is 3. The Hall–Kier alpha value is -2.31. The SMILES string of the molecule is CCCCOC(=O)N1CCN(C(=O)[C@H](CP(=O)(OCC)OCC)NC(=O)c2nc(-c3ccccc3)sc2Br)CC1. The number of piperazine rings is 1. The molecular formula is C26H36BrN4O7PS. The number of unbranched alkanes of at least 4 members (excludes halogenated alkanes) is 1. The molecule has 14 heteroatoms. The molecular weight excluding hydrogens is 623 g/mol. The predicted octanol–water partition coefficient (Wildman–Crippen LogP) is 5.02.